The lowest BCUT2D eigenvalue weighted by atomic mass is 10.1. The van der Waals surface area contributed by atoms with Crippen molar-refractivity contribution in [2.24, 2.45) is 0 Å². The summed E-state index contributed by atoms with van der Waals surface area (Å²) in [5.74, 6) is -1.47. The van der Waals surface area contributed by atoms with Crippen molar-refractivity contribution in [2.45, 2.75) is 70.0 Å². The Morgan fingerprint density at radius 1 is 0.975 bits per heavy atom. The number of rotatable bonds is 10. The van der Waals surface area contributed by atoms with E-state index in [4.69, 9.17) is 0 Å². The molecule has 0 saturated heterocycles. The van der Waals surface area contributed by atoms with Gasteiger partial charge >= 0.3 is 0 Å². The van der Waals surface area contributed by atoms with Crippen LogP contribution in [0.15, 0.2) is 77.7 Å². The number of carbonyl (C=O) groups excluding carboxylic acids is 2. The molecule has 0 heterocycles. The third kappa shape index (κ3) is 6.70. The number of aryl methyl sites for hydroxylation is 2. The highest BCUT2D eigenvalue weighted by molar-refractivity contribution is 7.92. The van der Waals surface area contributed by atoms with Gasteiger partial charge in [0.2, 0.25) is 11.8 Å². The number of hydrogen-bond acceptors (Lipinski definition) is 4. The van der Waals surface area contributed by atoms with Crippen molar-refractivity contribution in [3.63, 3.8) is 0 Å². The fourth-order valence-electron chi connectivity index (χ4n) is 5.01. The second-order valence-corrected chi connectivity index (χ2v) is 12.3. The number of hydrogen-bond donors (Lipinski definition) is 1. The van der Waals surface area contributed by atoms with Gasteiger partial charge in [-0.15, -0.1) is 0 Å². The molecular weight excluding hydrogens is 529 g/mol. The fraction of sp³-hybridized carbons (Fsp3) is 0.355. The summed E-state index contributed by atoms with van der Waals surface area (Å²) in [6.07, 6.45) is 3.80. The predicted molar refractivity (Wildman–Crippen MR) is 154 cm³/mol. The molecule has 1 aliphatic carbocycles. The van der Waals surface area contributed by atoms with Gasteiger partial charge in [-0.1, -0.05) is 61.4 Å². The van der Waals surface area contributed by atoms with Crippen LogP contribution in [0.1, 0.15) is 49.3 Å². The summed E-state index contributed by atoms with van der Waals surface area (Å²) in [6.45, 7) is 4.48. The first-order valence-electron chi connectivity index (χ1n) is 13.6. The van der Waals surface area contributed by atoms with Crippen LogP contribution in [-0.2, 0) is 26.2 Å². The van der Waals surface area contributed by atoms with Gasteiger partial charge in [0, 0.05) is 18.2 Å². The number of halogens is 1. The first-order valence-corrected chi connectivity index (χ1v) is 15.0. The van der Waals surface area contributed by atoms with Gasteiger partial charge in [-0.05, 0) is 69.0 Å². The Hall–Kier alpha value is -3.72. The van der Waals surface area contributed by atoms with Crippen LogP contribution < -0.4 is 9.62 Å². The Morgan fingerprint density at radius 3 is 2.30 bits per heavy atom. The van der Waals surface area contributed by atoms with Crippen molar-refractivity contribution in [2.75, 3.05) is 10.8 Å². The molecule has 3 aromatic rings. The first kappa shape index (κ1) is 29.3. The van der Waals surface area contributed by atoms with Crippen molar-refractivity contribution in [3.8, 4) is 0 Å². The molecule has 9 heteroatoms. The van der Waals surface area contributed by atoms with Crippen molar-refractivity contribution in [3.05, 3.63) is 95.3 Å². The van der Waals surface area contributed by atoms with Crippen LogP contribution in [-0.4, -0.2) is 43.8 Å². The molecule has 3 aromatic carbocycles. The number of anilines is 1. The maximum atomic E-state index is 14.7. The Morgan fingerprint density at radius 2 is 1.62 bits per heavy atom. The SMILES string of the molecule is Cc1ccc(C)c(N(CC(=O)N(Cc2ccccc2F)[C@H](C)C(=O)NC2CCCC2)S(=O)(=O)c2ccccc2)c1. The number of benzene rings is 3. The second kappa shape index (κ2) is 12.6. The van der Waals surface area contributed by atoms with Crippen molar-refractivity contribution in [1.82, 2.24) is 10.2 Å². The zero-order valence-corrected chi connectivity index (χ0v) is 24.0. The van der Waals surface area contributed by atoms with E-state index in [0.717, 1.165) is 35.6 Å². The highest BCUT2D eigenvalue weighted by atomic mass is 32.2. The van der Waals surface area contributed by atoms with E-state index in [1.54, 1.807) is 62.4 Å². The minimum absolute atomic E-state index is 0.0327. The molecule has 0 unspecified atom stereocenters. The third-order valence-electron chi connectivity index (χ3n) is 7.41. The van der Waals surface area contributed by atoms with E-state index < -0.39 is 34.3 Å². The van der Waals surface area contributed by atoms with Gasteiger partial charge in [0.1, 0.15) is 18.4 Å². The zero-order chi connectivity index (χ0) is 28.9. The zero-order valence-electron chi connectivity index (χ0n) is 23.1. The van der Waals surface area contributed by atoms with Crippen LogP contribution in [0.4, 0.5) is 10.1 Å². The lowest BCUT2D eigenvalue weighted by Gasteiger charge is -2.33. The highest BCUT2D eigenvalue weighted by Crippen LogP contribution is 2.28. The maximum absolute atomic E-state index is 14.7. The lowest BCUT2D eigenvalue weighted by Crippen LogP contribution is -2.52. The molecular formula is C31H36FN3O4S. The lowest BCUT2D eigenvalue weighted by molar-refractivity contribution is -0.139. The molecule has 1 aliphatic rings. The summed E-state index contributed by atoms with van der Waals surface area (Å²) < 4.78 is 43.6. The summed E-state index contributed by atoms with van der Waals surface area (Å²) in [7, 11) is -4.16. The van der Waals surface area contributed by atoms with E-state index in [9.17, 15) is 22.4 Å². The van der Waals surface area contributed by atoms with E-state index in [1.807, 2.05) is 13.0 Å². The van der Waals surface area contributed by atoms with E-state index >= 15 is 0 Å². The molecule has 1 N–H and O–H groups in total. The van der Waals surface area contributed by atoms with Crippen LogP contribution >= 0.6 is 0 Å². The number of amides is 2. The van der Waals surface area contributed by atoms with E-state index in [1.165, 1.54) is 23.1 Å². The average Bonchev–Trinajstić information content (AvgIpc) is 3.45. The third-order valence-corrected chi connectivity index (χ3v) is 9.18. The molecule has 0 aliphatic heterocycles. The molecule has 1 saturated carbocycles. The fourth-order valence-corrected chi connectivity index (χ4v) is 6.50. The minimum Gasteiger partial charge on any atom is -0.352 e. The topological polar surface area (TPSA) is 86.8 Å². The van der Waals surface area contributed by atoms with Gasteiger partial charge in [-0.3, -0.25) is 13.9 Å². The molecule has 1 fully saturated rings. The normalized spacial score (nSPS) is 14.5. The Balaban J connectivity index is 1.72. The van der Waals surface area contributed by atoms with Crippen LogP contribution in [0.3, 0.4) is 0 Å². The summed E-state index contributed by atoms with van der Waals surface area (Å²) in [4.78, 5) is 28.6. The van der Waals surface area contributed by atoms with Crippen LogP contribution in [0.2, 0.25) is 0 Å². The molecule has 2 amide bonds. The molecule has 1 atom stereocenters. The number of nitrogens with zero attached hydrogens (tertiary/aromatic N) is 2. The summed E-state index contributed by atoms with van der Waals surface area (Å²) in [5.41, 5.74) is 2.10. The quantitative estimate of drug-likeness (QED) is 0.370. The summed E-state index contributed by atoms with van der Waals surface area (Å²) >= 11 is 0. The number of carbonyl (C=O) groups is 2. The van der Waals surface area contributed by atoms with E-state index in [0.29, 0.717) is 11.3 Å². The van der Waals surface area contributed by atoms with Gasteiger partial charge in [0.05, 0.1) is 10.6 Å². The smallest absolute Gasteiger partial charge is 0.264 e. The standard InChI is InChI=1S/C31H36FN3O4S/c1-22-17-18-23(2)29(19-22)35(40(38,39)27-14-5-4-6-15-27)21-30(36)34(20-25-11-7-10-16-28(25)32)24(3)31(37)33-26-12-8-9-13-26/h4-7,10-11,14-19,24,26H,8-9,12-13,20-21H2,1-3H3,(H,33,37)/t24-/m1/s1. The Kier molecular flexibility index (Phi) is 9.25. The average molecular weight is 566 g/mol. The van der Waals surface area contributed by atoms with Gasteiger partial charge in [-0.25, -0.2) is 12.8 Å². The van der Waals surface area contributed by atoms with Crippen LogP contribution in [0.5, 0.6) is 0 Å². The summed E-state index contributed by atoms with van der Waals surface area (Å²) in [6, 6.07) is 18.5. The van der Waals surface area contributed by atoms with Crippen molar-refractivity contribution >= 4 is 27.5 Å². The van der Waals surface area contributed by atoms with Crippen molar-refractivity contribution in [1.29, 1.82) is 0 Å². The molecule has 0 bridgehead atoms. The molecule has 4 rings (SSSR count). The van der Waals surface area contributed by atoms with E-state index in [2.05, 4.69) is 5.32 Å². The Labute approximate surface area is 236 Å². The maximum Gasteiger partial charge on any atom is 0.264 e. The Bertz CT molecular complexity index is 1460. The van der Waals surface area contributed by atoms with Crippen LogP contribution in [0, 0.1) is 19.7 Å². The first-order chi connectivity index (χ1) is 19.1. The van der Waals surface area contributed by atoms with Crippen LogP contribution in [0.25, 0.3) is 0 Å². The molecule has 0 aromatic heterocycles. The molecule has 0 radical (unpaired) electrons. The number of nitrogens with one attached hydrogen (secondary N) is 1. The van der Waals surface area contributed by atoms with Gasteiger partial charge in [0.25, 0.3) is 10.0 Å². The van der Waals surface area contributed by atoms with Crippen molar-refractivity contribution < 1.29 is 22.4 Å². The van der Waals surface area contributed by atoms with E-state index in [-0.39, 0.29) is 29.0 Å². The predicted octanol–water partition coefficient (Wildman–Crippen LogP) is 5.11. The molecule has 0 spiro atoms. The van der Waals surface area contributed by atoms with Gasteiger partial charge in [0.15, 0.2) is 0 Å². The summed E-state index contributed by atoms with van der Waals surface area (Å²) in [5, 5.41) is 3.01. The molecule has 7 nitrogen and oxygen atoms in total. The van der Waals surface area contributed by atoms with Gasteiger partial charge < -0.3 is 10.2 Å². The highest BCUT2D eigenvalue weighted by Gasteiger charge is 2.34. The minimum atomic E-state index is -4.16. The second-order valence-electron chi connectivity index (χ2n) is 10.4. The number of sulfonamides is 1. The van der Waals surface area contributed by atoms with Gasteiger partial charge in [-0.2, -0.15) is 0 Å². The molecule has 212 valence electrons. The largest absolute Gasteiger partial charge is 0.352 e. The molecule has 40 heavy (non-hydrogen) atoms. The monoisotopic (exact) mass is 565 g/mol.